The summed E-state index contributed by atoms with van der Waals surface area (Å²) in [4.78, 5) is 38.3. The van der Waals surface area contributed by atoms with Crippen molar-refractivity contribution < 1.29 is 23.9 Å². The van der Waals surface area contributed by atoms with Crippen LogP contribution >= 0.6 is 11.3 Å². The van der Waals surface area contributed by atoms with Gasteiger partial charge in [-0.2, -0.15) is 0 Å². The van der Waals surface area contributed by atoms with Gasteiger partial charge in [-0.1, -0.05) is 37.3 Å². The Kier molecular flexibility index (Phi) is 7.04. The van der Waals surface area contributed by atoms with Gasteiger partial charge in [-0.15, -0.1) is 11.3 Å². The van der Waals surface area contributed by atoms with Crippen molar-refractivity contribution in [3.8, 4) is 0 Å². The van der Waals surface area contributed by atoms with Crippen molar-refractivity contribution in [2.45, 2.75) is 45.4 Å². The molecule has 154 valence electrons. The number of aryl methyl sites for hydroxylation is 1. The minimum atomic E-state index is -0.466. The Bertz CT molecular complexity index is 890. The van der Waals surface area contributed by atoms with Crippen molar-refractivity contribution in [3.05, 3.63) is 51.9 Å². The summed E-state index contributed by atoms with van der Waals surface area (Å²) < 4.78 is 10.4. The summed E-state index contributed by atoms with van der Waals surface area (Å²) in [5.41, 5.74) is 2.27. The fourth-order valence-electron chi connectivity index (χ4n) is 3.54. The van der Waals surface area contributed by atoms with Gasteiger partial charge in [-0.3, -0.25) is 9.59 Å². The Hall–Kier alpha value is -2.67. The lowest BCUT2D eigenvalue weighted by atomic mass is 9.97. The number of hydrogen-bond donors (Lipinski definition) is 1. The quantitative estimate of drug-likeness (QED) is 0.657. The summed E-state index contributed by atoms with van der Waals surface area (Å²) in [5.74, 6) is -1.74. The van der Waals surface area contributed by atoms with E-state index in [1.54, 1.807) is 6.92 Å². The molecule has 3 rings (SSSR count). The second-order valence-corrected chi connectivity index (χ2v) is 7.91. The van der Waals surface area contributed by atoms with Crippen LogP contribution in [0.4, 0.5) is 5.00 Å². The van der Waals surface area contributed by atoms with Crippen molar-refractivity contribution in [3.63, 3.8) is 0 Å². The van der Waals surface area contributed by atoms with Crippen LogP contribution < -0.4 is 5.32 Å². The number of amides is 1. The first-order valence-corrected chi connectivity index (χ1v) is 10.7. The van der Waals surface area contributed by atoms with Crippen LogP contribution in [-0.2, 0) is 31.9 Å². The molecule has 2 aromatic rings. The third-order valence-electron chi connectivity index (χ3n) is 4.89. The summed E-state index contributed by atoms with van der Waals surface area (Å²) in [5, 5.41) is 3.21. The fourth-order valence-corrected chi connectivity index (χ4v) is 4.83. The SMILES string of the molecule is CCOC(=O)c1c(NC(=O)COC(=O)[C@H](CC)c2ccccc2)sc2c1CCC2. The molecule has 0 bridgehead atoms. The zero-order valence-electron chi connectivity index (χ0n) is 16.7. The standard InChI is InChI=1S/C22H25NO5S/c1-3-15(14-9-6-5-7-10-14)21(25)28-13-18(24)23-20-19(22(26)27-4-2)16-11-8-12-17(16)29-20/h5-7,9-10,15H,3-4,8,11-13H2,1-2H3,(H,23,24)/t15-/m1/s1. The number of esters is 2. The van der Waals surface area contributed by atoms with Crippen molar-refractivity contribution >= 4 is 34.2 Å². The van der Waals surface area contributed by atoms with E-state index in [2.05, 4.69) is 5.32 Å². The van der Waals surface area contributed by atoms with Crippen molar-refractivity contribution in [1.82, 2.24) is 0 Å². The predicted molar refractivity (Wildman–Crippen MR) is 111 cm³/mol. The molecule has 1 aromatic carbocycles. The Morgan fingerprint density at radius 2 is 1.86 bits per heavy atom. The van der Waals surface area contributed by atoms with Crippen LogP contribution in [0.1, 0.15) is 59.0 Å². The Morgan fingerprint density at radius 3 is 2.55 bits per heavy atom. The van der Waals surface area contributed by atoms with E-state index in [1.165, 1.54) is 11.3 Å². The molecule has 0 spiro atoms. The molecule has 1 heterocycles. The molecule has 1 amide bonds. The van der Waals surface area contributed by atoms with Gasteiger partial charge in [-0.25, -0.2) is 4.79 Å². The van der Waals surface area contributed by atoms with E-state index in [0.717, 1.165) is 35.3 Å². The van der Waals surface area contributed by atoms with Gasteiger partial charge >= 0.3 is 11.9 Å². The molecule has 1 aliphatic carbocycles. The lowest BCUT2D eigenvalue weighted by Gasteiger charge is -2.14. The minimum absolute atomic E-state index is 0.270. The van der Waals surface area contributed by atoms with E-state index < -0.39 is 30.4 Å². The highest BCUT2D eigenvalue weighted by Crippen LogP contribution is 2.39. The largest absolute Gasteiger partial charge is 0.462 e. The molecule has 1 aliphatic rings. The number of benzene rings is 1. The molecule has 0 saturated carbocycles. The van der Waals surface area contributed by atoms with Gasteiger partial charge in [0.15, 0.2) is 6.61 Å². The first-order chi connectivity index (χ1) is 14.0. The molecule has 0 saturated heterocycles. The summed E-state index contributed by atoms with van der Waals surface area (Å²) in [6.07, 6.45) is 3.28. The summed E-state index contributed by atoms with van der Waals surface area (Å²) in [6, 6.07) is 9.35. The molecule has 1 aromatic heterocycles. The van der Waals surface area contributed by atoms with Gasteiger partial charge in [0.25, 0.3) is 5.91 Å². The van der Waals surface area contributed by atoms with Gasteiger partial charge in [0.2, 0.25) is 0 Å². The molecular formula is C22H25NO5S. The Labute approximate surface area is 174 Å². The number of thiophene rings is 1. The van der Waals surface area contributed by atoms with Crippen LogP contribution in [0.2, 0.25) is 0 Å². The third kappa shape index (κ3) is 4.85. The smallest absolute Gasteiger partial charge is 0.341 e. The monoisotopic (exact) mass is 415 g/mol. The number of ether oxygens (including phenoxy) is 2. The first kappa shape index (κ1) is 21.0. The maximum Gasteiger partial charge on any atom is 0.341 e. The average Bonchev–Trinajstić information content (AvgIpc) is 3.28. The Balaban J connectivity index is 1.64. The molecule has 29 heavy (non-hydrogen) atoms. The first-order valence-electron chi connectivity index (χ1n) is 9.88. The molecule has 7 heteroatoms. The predicted octanol–water partition coefficient (Wildman–Crippen LogP) is 4.09. The number of carbonyl (C=O) groups excluding carboxylic acids is 3. The number of hydrogen-bond acceptors (Lipinski definition) is 6. The number of carbonyl (C=O) groups is 3. The van der Waals surface area contributed by atoms with Gasteiger partial charge in [0.1, 0.15) is 5.00 Å². The van der Waals surface area contributed by atoms with Crippen molar-refractivity contribution in [2.24, 2.45) is 0 Å². The lowest BCUT2D eigenvalue weighted by molar-refractivity contribution is -0.149. The number of anilines is 1. The van der Waals surface area contributed by atoms with Crippen LogP contribution in [0.25, 0.3) is 0 Å². The molecule has 6 nitrogen and oxygen atoms in total. The maximum absolute atomic E-state index is 12.4. The van der Waals surface area contributed by atoms with E-state index >= 15 is 0 Å². The number of rotatable bonds is 8. The summed E-state index contributed by atoms with van der Waals surface area (Å²) in [7, 11) is 0. The van der Waals surface area contributed by atoms with Gasteiger partial charge < -0.3 is 14.8 Å². The molecule has 0 aliphatic heterocycles. The minimum Gasteiger partial charge on any atom is -0.462 e. The van der Waals surface area contributed by atoms with Gasteiger partial charge in [-0.05, 0) is 43.7 Å². The van der Waals surface area contributed by atoms with Crippen LogP contribution in [0.15, 0.2) is 30.3 Å². The molecule has 1 N–H and O–H groups in total. The van der Waals surface area contributed by atoms with Gasteiger partial charge in [0.05, 0.1) is 18.1 Å². The molecular weight excluding hydrogens is 390 g/mol. The molecule has 0 unspecified atom stereocenters. The van der Waals surface area contributed by atoms with Crippen LogP contribution in [0, 0.1) is 0 Å². The third-order valence-corrected chi connectivity index (χ3v) is 6.10. The Morgan fingerprint density at radius 1 is 1.10 bits per heavy atom. The molecule has 0 fully saturated rings. The van der Waals surface area contributed by atoms with E-state index in [1.807, 2.05) is 37.3 Å². The zero-order valence-corrected chi connectivity index (χ0v) is 17.5. The summed E-state index contributed by atoms with van der Waals surface area (Å²) >= 11 is 1.40. The molecule has 1 atom stereocenters. The van der Waals surface area contributed by atoms with E-state index in [-0.39, 0.29) is 6.61 Å². The number of nitrogens with one attached hydrogen (secondary N) is 1. The average molecular weight is 416 g/mol. The van der Waals surface area contributed by atoms with E-state index in [4.69, 9.17) is 9.47 Å². The molecule has 0 radical (unpaired) electrons. The zero-order chi connectivity index (χ0) is 20.8. The summed E-state index contributed by atoms with van der Waals surface area (Å²) in [6.45, 7) is 3.52. The topological polar surface area (TPSA) is 81.7 Å². The number of fused-ring (bicyclic) bond motifs is 1. The van der Waals surface area contributed by atoms with Crippen molar-refractivity contribution in [1.29, 1.82) is 0 Å². The fraction of sp³-hybridized carbons (Fsp3) is 0.409. The highest BCUT2D eigenvalue weighted by molar-refractivity contribution is 7.17. The highest BCUT2D eigenvalue weighted by atomic mass is 32.1. The second-order valence-electron chi connectivity index (χ2n) is 6.81. The normalized spacial score (nSPS) is 13.4. The maximum atomic E-state index is 12.4. The highest BCUT2D eigenvalue weighted by Gasteiger charge is 2.28. The van der Waals surface area contributed by atoms with Crippen LogP contribution in [-0.4, -0.2) is 31.1 Å². The van der Waals surface area contributed by atoms with Crippen LogP contribution in [0.3, 0.4) is 0 Å². The van der Waals surface area contributed by atoms with E-state index in [9.17, 15) is 14.4 Å². The lowest BCUT2D eigenvalue weighted by Crippen LogP contribution is -2.24. The van der Waals surface area contributed by atoms with Crippen molar-refractivity contribution in [2.75, 3.05) is 18.5 Å². The second kappa shape index (κ2) is 9.69. The van der Waals surface area contributed by atoms with Gasteiger partial charge in [0, 0.05) is 4.88 Å². The van der Waals surface area contributed by atoms with E-state index in [0.29, 0.717) is 17.0 Å². The van der Waals surface area contributed by atoms with Crippen LogP contribution in [0.5, 0.6) is 0 Å².